The molecule has 7 nitrogen and oxygen atoms in total. The summed E-state index contributed by atoms with van der Waals surface area (Å²) in [5.74, 6) is 0. The summed E-state index contributed by atoms with van der Waals surface area (Å²) in [4.78, 5) is 20.6. The van der Waals surface area contributed by atoms with Gasteiger partial charge in [0.05, 0.1) is 20.6 Å². The molecule has 4 aromatic carbocycles. The average molecular weight is 361 g/mol. The van der Waals surface area contributed by atoms with Gasteiger partial charge in [-0.15, -0.1) is 0 Å². The molecule has 134 valence electrons. The fourth-order valence-electron chi connectivity index (χ4n) is 2.83. The van der Waals surface area contributed by atoms with Crippen LogP contribution in [0.1, 0.15) is 0 Å². The monoisotopic (exact) mass is 361 g/mol. The number of fused-ring (bicyclic) bond motifs is 2. The van der Waals surface area contributed by atoms with Gasteiger partial charge in [0.15, 0.2) is 0 Å². The lowest BCUT2D eigenvalue weighted by Crippen LogP contribution is -1.92. The van der Waals surface area contributed by atoms with Gasteiger partial charge in [-0.05, 0) is 23.6 Å². The van der Waals surface area contributed by atoms with Crippen molar-refractivity contribution in [3.8, 4) is 0 Å². The van der Waals surface area contributed by atoms with Gasteiger partial charge in [-0.1, -0.05) is 48.5 Å². The molecule has 0 atom stereocenters. The number of hydrogen-bond acceptors (Lipinski definition) is 5. The topological polar surface area (TPSA) is 112 Å². The normalized spacial score (nSPS) is 10.2. The van der Waals surface area contributed by atoms with E-state index in [2.05, 4.69) is 0 Å². The Labute approximate surface area is 154 Å². The van der Waals surface area contributed by atoms with Crippen LogP contribution < -0.4 is 5.73 Å². The van der Waals surface area contributed by atoms with Crippen molar-refractivity contribution in [2.24, 2.45) is 0 Å². The SMILES string of the molecule is Nc1ccc([N+](=O)[O-])c2ccccc12.O=[N+]([O-])c1cccc2ccccc12. The molecule has 0 aliphatic rings. The quantitative estimate of drug-likeness (QED) is 0.304. The standard InChI is InChI=1S/C10H8N2O2.C10H7NO2/c11-9-5-6-10(12(13)14)8-4-2-1-3-7(8)9;12-11(13)10-7-3-5-8-4-1-2-6-9(8)10/h1-6H,11H2;1-7H. The largest absolute Gasteiger partial charge is 0.398 e. The summed E-state index contributed by atoms with van der Waals surface area (Å²) in [6.07, 6.45) is 0. The third-order valence-electron chi connectivity index (χ3n) is 4.09. The minimum absolute atomic E-state index is 0.0924. The summed E-state index contributed by atoms with van der Waals surface area (Å²) in [7, 11) is 0. The zero-order valence-electron chi connectivity index (χ0n) is 14.1. The molecule has 7 heteroatoms. The molecule has 0 unspecified atom stereocenters. The molecule has 2 N–H and O–H groups in total. The van der Waals surface area contributed by atoms with Crippen molar-refractivity contribution in [1.82, 2.24) is 0 Å². The first-order chi connectivity index (χ1) is 13.0. The molecular formula is C20H15N3O4. The highest BCUT2D eigenvalue weighted by atomic mass is 16.6. The molecular weight excluding hydrogens is 346 g/mol. The highest BCUT2D eigenvalue weighted by molar-refractivity contribution is 5.98. The fraction of sp³-hybridized carbons (Fsp3) is 0. The van der Waals surface area contributed by atoms with E-state index in [0.717, 1.165) is 10.8 Å². The highest BCUT2D eigenvalue weighted by Crippen LogP contribution is 2.29. The molecule has 0 fully saturated rings. The molecule has 0 radical (unpaired) electrons. The van der Waals surface area contributed by atoms with Gasteiger partial charge in [0.25, 0.3) is 11.4 Å². The predicted octanol–water partition coefficient (Wildman–Crippen LogP) is 5.08. The van der Waals surface area contributed by atoms with Crippen LogP contribution in [0, 0.1) is 20.2 Å². The Balaban J connectivity index is 0.000000156. The van der Waals surface area contributed by atoms with Crippen molar-refractivity contribution in [3.63, 3.8) is 0 Å². The lowest BCUT2D eigenvalue weighted by molar-refractivity contribution is -0.383. The summed E-state index contributed by atoms with van der Waals surface area (Å²) >= 11 is 0. The Morgan fingerprint density at radius 1 is 0.593 bits per heavy atom. The van der Waals surface area contributed by atoms with Crippen LogP contribution in [0.5, 0.6) is 0 Å². The summed E-state index contributed by atoms with van der Waals surface area (Å²) in [5.41, 5.74) is 6.52. The third kappa shape index (κ3) is 3.67. The summed E-state index contributed by atoms with van der Waals surface area (Å²) in [5, 5.41) is 24.2. The Morgan fingerprint density at radius 2 is 1.11 bits per heavy atom. The molecule has 0 bridgehead atoms. The van der Waals surface area contributed by atoms with Crippen LogP contribution in [0.15, 0.2) is 78.9 Å². The fourth-order valence-corrected chi connectivity index (χ4v) is 2.83. The van der Waals surface area contributed by atoms with Crippen LogP contribution in [0.25, 0.3) is 21.5 Å². The second-order valence-electron chi connectivity index (χ2n) is 5.73. The molecule has 0 aromatic heterocycles. The maximum absolute atomic E-state index is 10.7. The maximum Gasteiger partial charge on any atom is 0.277 e. The number of anilines is 1. The zero-order chi connectivity index (χ0) is 19.4. The van der Waals surface area contributed by atoms with Crippen LogP contribution >= 0.6 is 0 Å². The van der Waals surface area contributed by atoms with Crippen LogP contribution in [-0.2, 0) is 0 Å². The van der Waals surface area contributed by atoms with E-state index in [1.807, 2.05) is 24.3 Å². The molecule has 0 aliphatic heterocycles. The smallest absolute Gasteiger partial charge is 0.277 e. The number of hydrogen-bond donors (Lipinski definition) is 1. The minimum atomic E-state index is -0.401. The van der Waals surface area contributed by atoms with Crippen molar-refractivity contribution in [3.05, 3.63) is 99.1 Å². The minimum Gasteiger partial charge on any atom is -0.398 e. The number of non-ortho nitro benzene ring substituents is 2. The average Bonchev–Trinajstić information content (AvgIpc) is 2.68. The van der Waals surface area contributed by atoms with Gasteiger partial charge in [0.2, 0.25) is 0 Å². The Morgan fingerprint density at radius 3 is 1.78 bits per heavy atom. The Bertz CT molecular complexity index is 1150. The summed E-state index contributed by atoms with van der Waals surface area (Å²) in [6, 6.07) is 22.4. The van der Waals surface area contributed by atoms with Gasteiger partial charge >= 0.3 is 0 Å². The van der Waals surface area contributed by atoms with E-state index in [1.54, 1.807) is 42.5 Å². The number of nitrogen functional groups attached to an aromatic ring is 1. The van der Waals surface area contributed by atoms with Gasteiger partial charge in [0, 0.05) is 23.2 Å². The number of rotatable bonds is 2. The van der Waals surface area contributed by atoms with Gasteiger partial charge < -0.3 is 5.73 Å². The van der Waals surface area contributed by atoms with Crippen molar-refractivity contribution in [2.45, 2.75) is 0 Å². The molecule has 0 saturated heterocycles. The number of benzene rings is 4. The van der Waals surface area contributed by atoms with Crippen molar-refractivity contribution >= 4 is 38.6 Å². The first-order valence-corrected chi connectivity index (χ1v) is 8.03. The van der Waals surface area contributed by atoms with E-state index in [4.69, 9.17) is 5.73 Å². The molecule has 0 spiro atoms. The summed E-state index contributed by atoms with van der Waals surface area (Å²) < 4.78 is 0. The third-order valence-corrected chi connectivity index (χ3v) is 4.09. The predicted molar refractivity (Wildman–Crippen MR) is 106 cm³/mol. The van der Waals surface area contributed by atoms with E-state index in [0.29, 0.717) is 16.5 Å². The molecule has 0 aliphatic carbocycles. The Kier molecular flexibility index (Phi) is 4.94. The van der Waals surface area contributed by atoms with Crippen molar-refractivity contribution in [1.29, 1.82) is 0 Å². The van der Waals surface area contributed by atoms with Crippen LogP contribution in [-0.4, -0.2) is 9.85 Å². The summed E-state index contributed by atoms with van der Waals surface area (Å²) in [6.45, 7) is 0. The number of nitrogens with zero attached hydrogens (tertiary/aromatic N) is 2. The van der Waals surface area contributed by atoms with Crippen LogP contribution in [0.3, 0.4) is 0 Å². The van der Waals surface area contributed by atoms with E-state index in [-0.39, 0.29) is 16.3 Å². The van der Waals surface area contributed by atoms with Gasteiger partial charge in [-0.3, -0.25) is 20.2 Å². The molecule has 0 amide bonds. The Hall–Kier alpha value is -4.00. The maximum atomic E-state index is 10.7. The molecule has 4 aromatic rings. The first kappa shape index (κ1) is 17.8. The number of nitrogens with two attached hydrogens (primary N) is 1. The van der Waals surface area contributed by atoms with E-state index >= 15 is 0 Å². The van der Waals surface area contributed by atoms with Crippen molar-refractivity contribution < 1.29 is 9.85 Å². The first-order valence-electron chi connectivity index (χ1n) is 8.03. The van der Waals surface area contributed by atoms with Gasteiger partial charge in [-0.2, -0.15) is 0 Å². The van der Waals surface area contributed by atoms with Crippen LogP contribution in [0.2, 0.25) is 0 Å². The molecule has 0 saturated carbocycles. The molecule has 27 heavy (non-hydrogen) atoms. The van der Waals surface area contributed by atoms with E-state index in [9.17, 15) is 20.2 Å². The zero-order valence-corrected chi connectivity index (χ0v) is 14.1. The number of nitro benzene ring substituents is 2. The van der Waals surface area contributed by atoms with Crippen molar-refractivity contribution in [2.75, 3.05) is 5.73 Å². The lowest BCUT2D eigenvalue weighted by atomic mass is 10.1. The van der Waals surface area contributed by atoms with E-state index < -0.39 is 4.92 Å². The second-order valence-corrected chi connectivity index (χ2v) is 5.73. The van der Waals surface area contributed by atoms with Crippen LogP contribution in [0.4, 0.5) is 17.1 Å². The highest BCUT2D eigenvalue weighted by Gasteiger charge is 2.12. The molecule has 0 heterocycles. The van der Waals surface area contributed by atoms with Gasteiger partial charge in [-0.25, -0.2) is 0 Å². The van der Waals surface area contributed by atoms with E-state index in [1.165, 1.54) is 12.1 Å². The lowest BCUT2D eigenvalue weighted by Gasteiger charge is -2.01. The second kappa shape index (κ2) is 7.49. The molecule has 4 rings (SSSR count). The van der Waals surface area contributed by atoms with Gasteiger partial charge in [0.1, 0.15) is 0 Å². The number of nitro groups is 2.